The average Bonchev–Trinajstić information content (AvgIpc) is 3.02. The predicted molar refractivity (Wildman–Crippen MR) is 104 cm³/mol. The van der Waals surface area contributed by atoms with Gasteiger partial charge in [0.1, 0.15) is 5.75 Å². The maximum atomic E-state index is 10.9. The topological polar surface area (TPSA) is 78.2 Å². The van der Waals surface area contributed by atoms with Crippen LogP contribution in [0.15, 0.2) is 47.5 Å². The van der Waals surface area contributed by atoms with Crippen molar-refractivity contribution in [1.82, 2.24) is 9.36 Å². The summed E-state index contributed by atoms with van der Waals surface area (Å²) < 4.78 is 10.1. The van der Waals surface area contributed by atoms with E-state index < -0.39 is 4.92 Å². The fourth-order valence-corrected chi connectivity index (χ4v) is 2.81. The molecule has 0 atom stereocenters. The van der Waals surface area contributed by atoms with E-state index in [-0.39, 0.29) is 5.69 Å². The Hall–Kier alpha value is -2.51. The van der Waals surface area contributed by atoms with Crippen LogP contribution in [-0.2, 0) is 6.42 Å². The smallest absolute Gasteiger partial charge is 0.298 e. The van der Waals surface area contributed by atoms with E-state index in [2.05, 4.69) is 15.9 Å². The molecule has 0 unspecified atom stereocenters. The lowest BCUT2D eigenvalue weighted by Crippen LogP contribution is -1.95. The normalized spacial score (nSPS) is 11.8. The zero-order valence-electron chi connectivity index (χ0n) is 14.7. The lowest BCUT2D eigenvalue weighted by atomic mass is 10.1. The molecule has 8 heteroatoms. The summed E-state index contributed by atoms with van der Waals surface area (Å²) in [5.41, 5.74) is 2.19. The number of aromatic nitrogens is 2. The number of rotatable bonds is 7. The summed E-state index contributed by atoms with van der Waals surface area (Å²) in [6.45, 7) is 9.32. The zero-order valence-corrected chi connectivity index (χ0v) is 16.2. The van der Waals surface area contributed by atoms with Crippen molar-refractivity contribution in [2.75, 3.05) is 0 Å². The van der Waals surface area contributed by atoms with Crippen LogP contribution >= 0.6 is 23.1 Å². The second-order valence-corrected chi connectivity index (χ2v) is 6.74. The highest BCUT2D eigenvalue weighted by Gasteiger charge is 2.15. The highest BCUT2D eigenvalue weighted by molar-refractivity contribution is 7.07. The Kier molecular flexibility index (Phi) is 6.65. The molecule has 0 spiro atoms. The second kappa shape index (κ2) is 8.73. The molecule has 1 aromatic carbocycles. The van der Waals surface area contributed by atoms with E-state index in [1.165, 1.54) is 12.1 Å². The van der Waals surface area contributed by atoms with Gasteiger partial charge in [0.25, 0.3) is 10.9 Å². The minimum absolute atomic E-state index is 0.0354. The number of hydrogen-bond donors (Lipinski definition) is 0. The first-order valence-corrected chi connectivity index (χ1v) is 8.89. The van der Waals surface area contributed by atoms with Crippen LogP contribution in [0.2, 0.25) is 0 Å². The van der Waals surface area contributed by atoms with Gasteiger partial charge in [-0.05, 0) is 43.5 Å². The number of non-ortho nitro benzene ring substituents is 1. The number of allylic oxidation sites excluding steroid dienone is 5. The minimum Gasteiger partial charge on any atom is -0.429 e. The van der Waals surface area contributed by atoms with Crippen molar-refractivity contribution in [2.24, 2.45) is 0 Å². The van der Waals surface area contributed by atoms with Crippen LogP contribution in [0.25, 0.3) is 0 Å². The van der Waals surface area contributed by atoms with Crippen molar-refractivity contribution < 1.29 is 9.66 Å². The van der Waals surface area contributed by atoms with E-state index in [0.29, 0.717) is 39.3 Å². The molecule has 0 N–H and O–H groups in total. The first-order valence-electron chi connectivity index (χ1n) is 7.74. The van der Waals surface area contributed by atoms with Crippen molar-refractivity contribution in [3.05, 3.63) is 74.6 Å². The number of nitro benzene ring substituents is 1. The van der Waals surface area contributed by atoms with Crippen LogP contribution in [0.1, 0.15) is 23.9 Å². The number of nitro groups is 1. The average molecular weight is 392 g/mol. The molecule has 2 rings (SSSR count). The van der Waals surface area contributed by atoms with Gasteiger partial charge in [0, 0.05) is 35.1 Å². The molecule has 0 saturated carbocycles. The SMILES string of the molecule is C=C(/C=C\C(Cl)=C/C)Cc1nsc(Oc2c(C)cc([N+](=O)[O-])cc2C)n1. The summed E-state index contributed by atoms with van der Waals surface area (Å²) >= 11 is 7.03. The van der Waals surface area contributed by atoms with Crippen LogP contribution in [0, 0.1) is 24.0 Å². The third-order valence-corrected chi connectivity index (χ3v) is 4.41. The third-order valence-electron chi connectivity index (χ3n) is 3.43. The molecule has 1 heterocycles. The van der Waals surface area contributed by atoms with Crippen LogP contribution in [0.4, 0.5) is 5.69 Å². The van der Waals surface area contributed by atoms with Crippen LogP contribution in [0.5, 0.6) is 10.9 Å². The summed E-state index contributed by atoms with van der Waals surface area (Å²) in [6, 6.07) is 2.95. The minimum atomic E-state index is -0.425. The molecule has 6 nitrogen and oxygen atoms in total. The summed E-state index contributed by atoms with van der Waals surface area (Å²) in [5, 5.41) is 11.9. The Morgan fingerprint density at radius 2 is 2.04 bits per heavy atom. The summed E-state index contributed by atoms with van der Waals surface area (Å²) in [4.78, 5) is 14.8. The van der Waals surface area contributed by atoms with Crippen molar-refractivity contribution in [3.63, 3.8) is 0 Å². The third kappa shape index (κ3) is 5.24. The van der Waals surface area contributed by atoms with E-state index >= 15 is 0 Å². The molecule has 0 radical (unpaired) electrons. The molecule has 0 aliphatic rings. The van der Waals surface area contributed by atoms with Crippen molar-refractivity contribution in [3.8, 4) is 10.9 Å². The molecule has 0 amide bonds. The number of hydrogen-bond acceptors (Lipinski definition) is 6. The highest BCUT2D eigenvalue weighted by atomic mass is 35.5. The van der Waals surface area contributed by atoms with Gasteiger partial charge in [-0.3, -0.25) is 10.1 Å². The fraction of sp³-hybridized carbons (Fsp3) is 0.222. The van der Waals surface area contributed by atoms with Crippen LogP contribution in [0.3, 0.4) is 0 Å². The summed E-state index contributed by atoms with van der Waals surface area (Å²) in [6.07, 6.45) is 5.83. The molecular weight excluding hydrogens is 374 g/mol. The predicted octanol–water partition coefficient (Wildman–Crippen LogP) is 5.65. The highest BCUT2D eigenvalue weighted by Crippen LogP contribution is 2.33. The van der Waals surface area contributed by atoms with E-state index in [4.69, 9.17) is 16.3 Å². The quantitative estimate of drug-likeness (QED) is 0.346. The monoisotopic (exact) mass is 391 g/mol. The Balaban J connectivity index is 2.10. The number of aryl methyl sites for hydroxylation is 2. The number of ether oxygens (including phenoxy) is 1. The fourth-order valence-electron chi connectivity index (χ4n) is 2.19. The van der Waals surface area contributed by atoms with Crippen LogP contribution < -0.4 is 4.74 Å². The van der Waals surface area contributed by atoms with Gasteiger partial charge < -0.3 is 4.74 Å². The van der Waals surface area contributed by atoms with Gasteiger partial charge in [0.2, 0.25) is 0 Å². The van der Waals surface area contributed by atoms with Gasteiger partial charge in [-0.1, -0.05) is 30.3 Å². The first-order chi connectivity index (χ1) is 12.3. The molecule has 26 heavy (non-hydrogen) atoms. The second-order valence-electron chi connectivity index (χ2n) is 5.59. The van der Waals surface area contributed by atoms with Gasteiger partial charge in [-0.2, -0.15) is 9.36 Å². The molecule has 0 aliphatic heterocycles. The summed E-state index contributed by atoms with van der Waals surface area (Å²) in [7, 11) is 0. The number of halogens is 1. The van der Waals surface area contributed by atoms with Gasteiger partial charge in [-0.15, -0.1) is 0 Å². The molecule has 0 aliphatic carbocycles. The molecule has 0 fully saturated rings. The standard InChI is InChI=1S/C18H18ClN3O3S/c1-5-14(19)7-6-11(2)8-16-20-18(26-21-16)25-17-12(3)9-15(22(23)24)10-13(17)4/h5-7,9-10H,2,8H2,1,3-4H3/b7-6-,14-5+. The van der Waals surface area contributed by atoms with Gasteiger partial charge >= 0.3 is 0 Å². The van der Waals surface area contributed by atoms with Gasteiger partial charge in [-0.25, -0.2) is 0 Å². The molecule has 0 saturated heterocycles. The molecule has 1 aromatic heterocycles. The molecular formula is C18H18ClN3O3S. The van der Waals surface area contributed by atoms with E-state index in [0.717, 1.165) is 17.1 Å². The van der Waals surface area contributed by atoms with E-state index in [1.54, 1.807) is 26.0 Å². The van der Waals surface area contributed by atoms with E-state index in [1.807, 2.05) is 13.0 Å². The summed E-state index contributed by atoms with van der Waals surface area (Å²) in [5.74, 6) is 1.14. The first kappa shape index (κ1) is 19.8. The Labute approximate surface area is 160 Å². The van der Waals surface area contributed by atoms with E-state index in [9.17, 15) is 10.1 Å². The molecule has 0 bridgehead atoms. The Morgan fingerprint density at radius 1 is 1.38 bits per heavy atom. The Bertz CT molecular complexity index is 880. The number of benzene rings is 1. The lowest BCUT2D eigenvalue weighted by Gasteiger charge is -2.08. The maximum absolute atomic E-state index is 10.9. The van der Waals surface area contributed by atoms with Crippen molar-refractivity contribution in [2.45, 2.75) is 27.2 Å². The lowest BCUT2D eigenvalue weighted by molar-refractivity contribution is -0.385. The van der Waals surface area contributed by atoms with Crippen LogP contribution in [-0.4, -0.2) is 14.3 Å². The van der Waals surface area contributed by atoms with Crippen molar-refractivity contribution in [1.29, 1.82) is 0 Å². The largest absolute Gasteiger partial charge is 0.429 e. The molecule has 2 aromatic rings. The van der Waals surface area contributed by atoms with Crippen molar-refractivity contribution >= 4 is 28.8 Å². The number of nitrogens with zero attached hydrogens (tertiary/aromatic N) is 3. The maximum Gasteiger partial charge on any atom is 0.298 e. The van der Waals surface area contributed by atoms with Gasteiger partial charge in [0.15, 0.2) is 5.82 Å². The Morgan fingerprint density at radius 3 is 2.62 bits per heavy atom. The zero-order chi connectivity index (χ0) is 19.3. The molecule has 136 valence electrons. The van der Waals surface area contributed by atoms with Gasteiger partial charge in [0.05, 0.1) is 4.92 Å².